The first kappa shape index (κ1) is 11.9. The van der Waals surface area contributed by atoms with Crippen molar-refractivity contribution in [1.29, 1.82) is 0 Å². The first-order valence-corrected chi connectivity index (χ1v) is 4.03. The van der Waals surface area contributed by atoms with E-state index in [-0.39, 0.29) is 25.2 Å². The largest absolute Gasteiger partial charge is 0.464 e. The maximum atomic E-state index is 10.3. The summed E-state index contributed by atoms with van der Waals surface area (Å²) in [6, 6.07) is 0. The van der Waals surface area contributed by atoms with Gasteiger partial charge in [0, 0.05) is 26.9 Å². The molecule has 0 aliphatic rings. The van der Waals surface area contributed by atoms with Crippen LogP contribution in [0.2, 0.25) is 0 Å². The lowest BCUT2D eigenvalue weighted by atomic mass is 10.6. The molecule has 0 bridgehead atoms. The van der Waals surface area contributed by atoms with Gasteiger partial charge in [-0.2, -0.15) is 0 Å². The van der Waals surface area contributed by atoms with Crippen molar-refractivity contribution in [3.63, 3.8) is 0 Å². The van der Waals surface area contributed by atoms with Crippen LogP contribution in [0.1, 0.15) is 13.8 Å². The Morgan fingerprint density at radius 3 is 1.69 bits per heavy atom. The van der Waals surface area contributed by atoms with Crippen LogP contribution in [0.4, 0.5) is 0 Å². The maximum Gasteiger partial charge on any atom is 0.302 e. The zero-order chi connectivity index (χ0) is 10.1. The van der Waals surface area contributed by atoms with Crippen LogP contribution in [0.3, 0.4) is 0 Å². The second kappa shape index (κ2) is 7.54. The van der Waals surface area contributed by atoms with Crippen LogP contribution in [0.25, 0.3) is 0 Å². The fraction of sp³-hybridized carbons (Fsp3) is 0.750. The first-order chi connectivity index (χ1) is 6.13. The summed E-state index contributed by atoms with van der Waals surface area (Å²) in [6.07, 6.45) is 0. The van der Waals surface area contributed by atoms with E-state index in [1.165, 1.54) is 13.8 Å². The van der Waals surface area contributed by atoms with Crippen LogP contribution in [0, 0.1) is 0 Å². The molecule has 0 heterocycles. The number of hydrogen-bond acceptors (Lipinski definition) is 4. The summed E-state index contributed by atoms with van der Waals surface area (Å²) in [5.74, 6) is -0.620. The highest BCUT2D eigenvalue weighted by molar-refractivity contribution is 5.66. The minimum atomic E-state index is -0.310. The van der Waals surface area contributed by atoms with Gasteiger partial charge in [-0.15, -0.1) is 0 Å². The van der Waals surface area contributed by atoms with E-state index in [2.05, 4.69) is 14.8 Å². The van der Waals surface area contributed by atoms with Gasteiger partial charge in [0.1, 0.15) is 13.2 Å². The zero-order valence-corrected chi connectivity index (χ0v) is 7.91. The fourth-order valence-corrected chi connectivity index (χ4v) is 0.620. The van der Waals surface area contributed by atoms with Crippen LogP contribution in [0.5, 0.6) is 0 Å². The molecule has 0 N–H and O–H groups in total. The molecule has 0 saturated heterocycles. The molecule has 0 aliphatic carbocycles. The Morgan fingerprint density at radius 2 is 1.38 bits per heavy atom. The third-order valence-electron chi connectivity index (χ3n) is 1.11. The highest BCUT2D eigenvalue weighted by atomic mass is 16.5. The van der Waals surface area contributed by atoms with E-state index in [1.807, 2.05) is 0 Å². The van der Waals surface area contributed by atoms with Gasteiger partial charge in [-0.25, -0.2) is 5.32 Å². The normalized spacial score (nSPS) is 9.38. The molecule has 0 fully saturated rings. The quantitative estimate of drug-likeness (QED) is 0.424. The Morgan fingerprint density at radius 1 is 1.00 bits per heavy atom. The molecular formula is C8H14NO4. The third kappa shape index (κ3) is 10.9. The number of ether oxygens (including phenoxy) is 2. The van der Waals surface area contributed by atoms with Crippen molar-refractivity contribution in [3.05, 3.63) is 0 Å². The minimum Gasteiger partial charge on any atom is -0.464 e. The van der Waals surface area contributed by atoms with Crippen LogP contribution < -0.4 is 5.32 Å². The van der Waals surface area contributed by atoms with Crippen LogP contribution in [-0.2, 0) is 19.1 Å². The van der Waals surface area contributed by atoms with Gasteiger partial charge in [0.2, 0.25) is 0 Å². The molecule has 0 atom stereocenters. The zero-order valence-electron chi connectivity index (χ0n) is 7.91. The predicted octanol–water partition coefficient (Wildman–Crippen LogP) is -0.283. The Bertz CT molecular complexity index is 152. The summed E-state index contributed by atoms with van der Waals surface area (Å²) in [7, 11) is 0. The van der Waals surface area contributed by atoms with E-state index in [4.69, 9.17) is 0 Å². The second-order valence-corrected chi connectivity index (χ2v) is 2.35. The Balaban J connectivity index is 3.00. The lowest BCUT2D eigenvalue weighted by molar-refractivity contribution is -0.141. The molecule has 0 aromatic heterocycles. The summed E-state index contributed by atoms with van der Waals surface area (Å²) in [6.45, 7) is 4.16. The topological polar surface area (TPSA) is 66.7 Å². The summed E-state index contributed by atoms with van der Waals surface area (Å²) in [4.78, 5) is 20.6. The number of carbonyl (C=O) groups is 2. The average Bonchev–Trinajstić information content (AvgIpc) is 2.01. The van der Waals surface area contributed by atoms with E-state index in [1.54, 1.807) is 0 Å². The van der Waals surface area contributed by atoms with Crippen molar-refractivity contribution in [2.45, 2.75) is 13.8 Å². The number of esters is 2. The Kier molecular flexibility index (Phi) is 6.91. The van der Waals surface area contributed by atoms with Crippen molar-refractivity contribution in [3.8, 4) is 0 Å². The number of hydrogen-bond donors (Lipinski definition) is 0. The maximum absolute atomic E-state index is 10.3. The van der Waals surface area contributed by atoms with Crippen molar-refractivity contribution >= 4 is 11.9 Å². The number of carbonyl (C=O) groups excluding carboxylic acids is 2. The van der Waals surface area contributed by atoms with Gasteiger partial charge in [0.25, 0.3) is 0 Å². The molecule has 0 aliphatic heterocycles. The molecule has 1 radical (unpaired) electrons. The van der Waals surface area contributed by atoms with Crippen LogP contribution in [0.15, 0.2) is 0 Å². The second-order valence-electron chi connectivity index (χ2n) is 2.35. The molecule has 0 spiro atoms. The van der Waals surface area contributed by atoms with E-state index >= 15 is 0 Å². The molecular weight excluding hydrogens is 174 g/mol. The Hall–Kier alpha value is -1.10. The fourth-order valence-electron chi connectivity index (χ4n) is 0.620. The van der Waals surface area contributed by atoms with Crippen LogP contribution in [-0.4, -0.2) is 38.2 Å². The van der Waals surface area contributed by atoms with Gasteiger partial charge in [-0.1, -0.05) is 0 Å². The molecule has 0 unspecified atom stereocenters. The van der Waals surface area contributed by atoms with Gasteiger partial charge in [-0.3, -0.25) is 9.59 Å². The lowest BCUT2D eigenvalue weighted by Gasteiger charge is -2.02. The number of rotatable bonds is 6. The molecule has 0 saturated carbocycles. The van der Waals surface area contributed by atoms with Crippen molar-refractivity contribution in [2.75, 3.05) is 26.3 Å². The molecule has 0 rings (SSSR count). The predicted molar refractivity (Wildman–Crippen MR) is 45.1 cm³/mol. The smallest absolute Gasteiger partial charge is 0.302 e. The van der Waals surface area contributed by atoms with Crippen molar-refractivity contribution < 1.29 is 19.1 Å². The van der Waals surface area contributed by atoms with Crippen LogP contribution >= 0.6 is 0 Å². The average molecular weight is 188 g/mol. The van der Waals surface area contributed by atoms with E-state index in [0.29, 0.717) is 13.1 Å². The van der Waals surface area contributed by atoms with Gasteiger partial charge in [-0.05, 0) is 0 Å². The summed E-state index contributed by atoms with van der Waals surface area (Å²) in [5.41, 5.74) is 0. The molecule has 5 nitrogen and oxygen atoms in total. The molecule has 0 aromatic carbocycles. The Labute approximate surface area is 77.4 Å². The molecule has 0 aromatic rings. The van der Waals surface area contributed by atoms with Crippen molar-refractivity contribution in [1.82, 2.24) is 5.32 Å². The summed E-state index contributed by atoms with van der Waals surface area (Å²) >= 11 is 0. The molecule has 75 valence electrons. The van der Waals surface area contributed by atoms with Gasteiger partial charge in [0.05, 0.1) is 0 Å². The first-order valence-electron chi connectivity index (χ1n) is 4.03. The summed E-state index contributed by atoms with van der Waals surface area (Å²) in [5, 5.41) is 3.96. The molecule has 13 heavy (non-hydrogen) atoms. The standard InChI is InChI=1S/C8H14NO4/c1-7(10)12-5-3-9-4-6-13-8(2)11/h3-6H2,1-2H3. The van der Waals surface area contributed by atoms with Gasteiger partial charge in [0.15, 0.2) is 0 Å². The monoisotopic (exact) mass is 188 g/mol. The highest BCUT2D eigenvalue weighted by Gasteiger charge is 1.94. The molecule has 5 heteroatoms. The van der Waals surface area contributed by atoms with Gasteiger partial charge >= 0.3 is 11.9 Å². The van der Waals surface area contributed by atoms with E-state index in [0.717, 1.165) is 0 Å². The third-order valence-corrected chi connectivity index (χ3v) is 1.11. The highest BCUT2D eigenvalue weighted by Crippen LogP contribution is 1.77. The van der Waals surface area contributed by atoms with E-state index < -0.39 is 0 Å². The number of nitrogens with zero attached hydrogens (tertiary/aromatic N) is 1. The SMILES string of the molecule is CC(=O)OCC[N]CCOC(C)=O. The molecule has 0 amide bonds. The minimum absolute atomic E-state index is 0.287. The van der Waals surface area contributed by atoms with Gasteiger partial charge < -0.3 is 9.47 Å². The van der Waals surface area contributed by atoms with Crippen molar-refractivity contribution in [2.24, 2.45) is 0 Å². The summed E-state index contributed by atoms with van der Waals surface area (Å²) < 4.78 is 9.26. The van der Waals surface area contributed by atoms with E-state index in [9.17, 15) is 9.59 Å². The lowest BCUT2D eigenvalue weighted by Crippen LogP contribution is -2.19.